The highest BCUT2D eigenvalue weighted by atomic mass is 15.2. The molecule has 0 aliphatic heterocycles. The van der Waals surface area contributed by atoms with Crippen molar-refractivity contribution in [3.8, 4) is 12.3 Å². The molecule has 1 heteroatoms. The van der Waals surface area contributed by atoms with Gasteiger partial charge in [-0.05, 0) is 18.8 Å². The molecule has 0 aromatic heterocycles. The molecule has 0 N–H and O–H groups in total. The lowest BCUT2D eigenvalue weighted by Crippen LogP contribution is -2.36. The van der Waals surface area contributed by atoms with Gasteiger partial charge in [0.15, 0.2) is 0 Å². The Kier molecular flexibility index (Phi) is 5.04. The summed E-state index contributed by atoms with van der Waals surface area (Å²) >= 11 is 0. The Hall–Kier alpha value is -0.480. The summed E-state index contributed by atoms with van der Waals surface area (Å²) in [5.41, 5.74) is 0. The van der Waals surface area contributed by atoms with Gasteiger partial charge >= 0.3 is 0 Å². The van der Waals surface area contributed by atoms with Crippen LogP contribution >= 0.6 is 0 Å². The van der Waals surface area contributed by atoms with E-state index < -0.39 is 0 Å². The summed E-state index contributed by atoms with van der Waals surface area (Å²) in [6, 6.07) is 0.825. The van der Waals surface area contributed by atoms with Gasteiger partial charge in [-0.15, -0.1) is 12.3 Å². The van der Waals surface area contributed by atoms with Gasteiger partial charge in [0.1, 0.15) is 0 Å². The molecule has 0 spiro atoms. The topological polar surface area (TPSA) is 3.24 Å². The Morgan fingerprint density at radius 1 is 1.36 bits per heavy atom. The first-order valence-corrected chi connectivity index (χ1v) is 5.91. The summed E-state index contributed by atoms with van der Waals surface area (Å²) in [5, 5.41) is 0. The molecule has 1 saturated carbocycles. The molecule has 0 bridgehead atoms. The number of terminal acetylenes is 1. The van der Waals surface area contributed by atoms with Crippen LogP contribution in [0.1, 0.15) is 46.0 Å². The molecule has 14 heavy (non-hydrogen) atoms. The number of nitrogens with zero attached hydrogens (tertiary/aromatic N) is 1. The SMILES string of the molecule is C#CCCN(CC(C)C)C1CCCC1. The monoisotopic (exact) mass is 193 g/mol. The van der Waals surface area contributed by atoms with Crippen molar-refractivity contribution in [2.24, 2.45) is 5.92 Å². The summed E-state index contributed by atoms with van der Waals surface area (Å²) in [6.07, 6.45) is 11.8. The van der Waals surface area contributed by atoms with Crippen LogP contribution in [0.3, 0.4) is 0 Å². The van der Waals surface area contributed by atoms with Gasteiger partial charge in [0.05, 0.1) is 0 Å². The molecule has 80 valence electrons. The molecule has 0 atom stereocenters. The van der Waals surface area contributed by atoms with E-state index in [4.69, 9.17) is 6.42 Å². The third-order valence-corrected chi connectivity index (χ3v) is 2.98. The smallest absolute Gasteiger partial charge is 0.0214 e. The third kappa shape index (κ3) is 3.72. The molecule has 1 aliphatic rings. The highest BCUT2D eigenvalue weighted by Crippen LogP contribution is 2.24. The van der Waals surface area contributed by atoms with Crippen LogP contribution in [0.4, 0.5) is 0 Å². The quantitative estimate of drug-likeness (QED) is 0.607. The first kappa shape index (κ1) is 11.6. The molecule has 1 aliphatic carbocycles. The van der Waals surface area contributed by atoms with Gasteiger partial charge in [0.2, 0.25) is 0 Å². The molecule has 0 heterocycles. The molecular weight excluding hydrogens is 170 g/mol. The number of rotatable bonds is 5. The van der Waals surface area contributed by atoms with Gasteiger partial charge in [0, 0.05) is 25.6 Å². The third-order valence-electron chi connectivity index (χ3n) is 2.98. The fourth-order valence-corrected chi connectivity index (χ4v) is 2.37. The fourth-order valence-electron chi connectivity index (χ4n) is 2.37. The average Bonchev–Trinajstić information content (AvgIpc) is 2.64. The Morgan fingerprint density at radius 2 is 2.00 bits per heavy atom. The zero-order valence-corrected chi connectivity index (χ0v) is 9.63. The maximum absolute atomic E-state index is 5.33. The number of hydrogen-bond donors (Lipinski definition) is 0. The van der Waals surface area contributed by atoms with Crippen molar-refractivity contribution in [2.75, 3.05) is 13.1 Å². The second-order valence-corrected chi connectivity index (χ2v) is 4.78. The van der Waals surface area contributed by atoms with Crippen LogP contribution in [0.5, 0.6) is 0 Å². The maximum atomic E-state index is 5.33. The maximum Gasteiger partial charge on any atom is 0.0214 e. The molecule has 0 aromatic carbocycles. The van der Waals surface area contributed by atoms with Crippen LogP contribution in [0.15, 0.2) is 0 Å². The highest BCUT2D eigenvalue weighted by Gasteiger charge is 2.22. The van der Waals surface area contributed by atoms with Crippen LogP contribution in [-0.4, -0.2) is 24.0 Å². The Balaban J connectivity index is 2.38. The van der Waals surface area contributed by atoms with Crippen molar-refractivity contribution in [3.63, 3.8) is 0 Å². The van der Waals surface area contributed by atoms with Gasteiger partial charge in [-0.25, -0.2) is 0 Å². The van der Waals surface area contributed by atoms with E-state index in [-0.39, 0.29) is 0 Å². The van der Waals surface area contributed by atoms with Crippen molar-refractivity contribution >= 4 is 0 Å². The van der Waals surface area contributed by atoms with Crippen molar-refractivity contribution in [1.29, 1.82) is 0 Å². The molecule has 0 radical (unpaired) electrons. The summed E-state index contributed by atoms with van der Waals surface area (Å²) in [7, 11) is 0. The Bertz CT molecular complexity index is 184. The summed E-state index contributed by atoms with van der Waals surface area (Å²) < 4.78 is 0. The fraction of sp³-hybridized carbons (Fsp3) is 0.846. The Labute approximate surface area is 88.9 Å². The zero-order valence-electron chi connectivity index (χ0n) is 9.63. The van der Waals surface area contributed by atoms with Crippen molar-refractivity contribution < 1.29 is 0 Å². The zero-order chi connectivity index (χ0) is 10.4. The minimum absolute atomic E-state index is 0.758. The molecule has 0 aromatic rings. The van der Waals surface area contributed by atoms with Crippen molar-refractivity contribution in [2.45, 2.75) is 52.0 Å². The summed E-state index contributed by atoms with van der Waals surface area (Å²) in [4.78, 5) is 2.61. The minimum atomic E-state index is 0.758. The lowest BCUT2D eigenvalue weighted by Gasteiger charge is -2.29. The van der Waals surface area contributed by atoms with E-state index >= 15 is 0 Å². The lowest BCUT2D eigenvalue weighted by molar-refractivity contribution is 0.181. The minimum Gasteiger partial charge on any atom is -0.299 e. The van der Waals surface area contributed by atoms with E-state index in [9.17, 15) is 0 Å². The molecule has 0 amide bonds. The molecule has 1 rings (SSSR count). The normalized spacial score (nSPS) is 17.9. The first-order chi connectivity index (χ1) is 6.74. The van der Waals surface area contributed by atoms with Gasteiger partial charge in [-0.2, -0.15) is 0 Å². The van der Waals surface area contributed by atoms with Gasteiger partial charge < -0.3 is 0 Å². The van der Waals surface area contributed by atoms with Gasteiger partial charge in [-0.1, -0.05) is 26.7 Å². The largest absolute Gasteiger partial charge is 0.299 e. The second kappa shape index (κ2) is 6.09. The van der Waals surface area contributed by atoms with Crippen LogP contribution in [0.25, 0.3) is 0 Å². The highest BCUT2D eigenvalue weighted by molar-refractivity contribution is 4.87. The second-order valence-electron chi connectivity index (χ2n) is 4.78. The van der Waals surface area contributed by atoms with E-state index in [2.05, 4.69) is 24.7 Å². The van der Waals surface area contributed by atoms with E-state index in [1.54, 1.807) is 0 Å². The average molecular weight is 193 g/mol. The van der Waals surface area contributed by atoms with E-state index in [0.29, 0.717) is 0 Å². The van der Waals surface area contributed by atoms with Gasteiger partial charge in [-0.3, -0.25) is 4.90 Å². The molecule has 1 fully saturated rings. The summed E-state index contributed by atoms with van der Waals surface area (Å²) in [5.74, 6) is 3.51. The van der Waals surface area contributed by atoms with Crippen LogP contribution in [-0.2, 0) is 0 Å². The van der Waals surface area contributed by atoms with Crippen LogP contribution in [0, 0.1) is 18.3 Å². The van der Waals surface area contributed by atoms with E-state index in [1.807, 2.05) is 0 Å². The predicted octanol–water partition coefficient (Wildman–Crippen LogP) is 2.91. The van der Waals surface area contributed by atoms with E-state index in [0.717, 1.165) is 24.9 Å². The van der Waals surface area contributed by atoms with Crippen molar-refractivity contribution in [1.82, 2.24) is 4.90 Å². The summed E-state index contributed by atoms with van der Waals surface area (Å²) in [6.45, 7) is 6.89. The van der Waals surface area contributed by atoms with Crippen molar-refractivity contribution in [3.05, 3.63) is 0 Å². The van der Waals surface area contributed by atoms with Crippen LogP contribution in [0.2, 0.25) is 0 Å². The molecular formula is C13H23N. The predicted molar refractivity (Wildman–Crippen MR) is 62.1 cm³/mol. The molecule has 1 nitrogen and oxygen atoms in total. The Morgan fingerprint density at radius 3 is 2.50 bits per heavy atom. The van der Waals surface area contributed by atoms with Crippen LogP contribution < -0.4 is 0 Å². The molecule has 0 unspecified atom stereocenters. The molecule has 0 saturated heterocycles. The number of hydrogen-bond acceptors (Lipinski definition) is 1. The van der Waals surface area contributed by atoms with Gasteiger partial charge in [0.25, 0.3) is 0 Å². The standard InChI is InChI=1S/C13H23N/c1-4-5-10-14(11-12(2)3)13-8-6-7-9-13/h1,12-13H,5-11H2,2-3H3. The lowest BCUT2D eigenvalue weighted by atomic mass is 10.1. The first-order valence-electron chi connectivity index (χ1n) is 5.91. The van der Waals surface area contributed by atoms with E-state index in [1.165, 1.54) is 32.2 Å².